The van der Waals surface area contributed by atoms with Crippen molar-refractivity contribution in [3.8, 4) is 0 Å². The van der Waals surface area contributed by atoms with Crippen LogP contribution in [0.4, 0.5) is 23.2 Å². The van der Waals surface area contributed by atoms with Gasteiger partial charge in [-0.2, -0.15) is 13.2 Å². The Kier molecular flexibility index (Phi) is 4.79. The molecule has 0 radical (unpaired) electrons. The summed E-state index contributed by atoms with van der Waals surface area (Å²) in [6.07, 6.45) is -4.66. The molecule has 0 heterocycles. The SMILES string of the molecule is O=S(=O)(Nc1cc(C(F)(F)F)ccc1Cl)c1ccc(F)c(Cl)c1. The van der Waals surface area contributed by atoms with Crippen LogP contribution in [-0.2, 0) is 16.2 Å². The Morgan fingerprint density at radius 1 is 0.957 bits per heavy atom. The molecule has 10 heteroatoms. The van der Waals surface area contributed by atoms with E-state index in [0.29, 0.717) is 6.07 Å². The van der Waals surface area contributed by atoms with Gasteiger partial charge in [-0.15, -0.1) is 0 Å². The normalized spacial score (nSPS) is 12.3. The molecular weight excluding hydrogens is 381 g/mol. The van der Waals surface area contributed by atoms with Crippen LogP contribution >= 0.6 is 23.2 Å². The molecule has 23 heavy (non-hydrogen) atoms. The monoisotopic (exact) mass is 387 g/mol. The van der Waals surface area contributed by atoms with Gasteiger partial charge in [0.25, 0.3) is 10.0 Å². The Morgan fingerprint density at radius 2 is 1.61 bits per heavy atom. The van der Waals surface area contributed by atoms with E-state index < -0.39 is 43.2 Å². The van der Waals surface area contributed by atoms with Gasteiger partial charge in [-0.1, -0.05) is 23.2 Å². The van der Waals surface area contributed by atoms with Crippen LogP contribution in [0, 0.1) is 5.82 Å². The molecule has 2 rings (SSSR count). The predicted octanol–water partition coefficient (Wildman–Crippen LogP) is 4.95. The minimum absolute atomic E-state index is 0.227. The van der Waals surface area contributed by atoms with Crippen molar-refractivity contribution in [3.63, 3.8) is 0 Å². The number of nitrogens with one attached hydrogen (secondary N) is 1. The third-order valence-corrected chi connectivity index (χ3v) is 4.72. The molecule has 0 aromatic heterocycles. The van der Waals surface area contributed by atoms with Gasteiger partial charge < -0.3 is 0 Å². The summed E-state index contributed by atoms with van der Waals surface area (Å²) in [6, 6.07) is 4.77. The van der Waals surface area contributed by atoms with Crippen LogP contribution in [0.2, 0.25) is 10.0 Å². The van der Waals surface area contributed by atoms with E-state index in [1.807, 2.05) is 4.72 Å². The fourth-order valence-corrected chi connectivity index (χ4v) is 3.19. The van der Waals surface area contributed by atoms with Crippen LogP contribution in [0.15, 0.2) is 41.3 Å². The zero-order chi connectivity index (χ0) is 17.4. The average Bonchev–Trinajstić information content (AvgIpc) is 2.42. The zero-order valence-electron chi connectivity index (χ0n) is 11.0. The van der Waals surface area contributed by atoms with Gasteiger partial charge in [0.05, 0.1) is 26.2 Å². The van der Waals surface area contributed by atoms with Gasteiger partial charge in [-0.25, -0.2) is 12.8 Å². The molecule has 0 saturated carbocycles. The lowest BCUT2D eigenvalue weighted by Gasteiger charge is -2.13. The number of anilines is 1. The van der Waals surface area contributed by atoms with Crippen molar-refractivity contribution < 1.29 is 26.0 Å². The van der Waals surface area contributed by atoms with Crippen molar-refractivity contribution in [2.75, 3.05) is 4.72 Å². The molecule has 0 unspecified atom stereocenters. The Morgan fingerprint density at radius 3 is 2.17 bits per heavy atom. The number of hydrogen-bond donors (Lipinski definition) is 1. The quantitative estimate of drug-likeness (QED) is 0.757. The van der Waals surface area contributed by atoms with Crippen molar-refractivity contribution in [1.29, 1.82) is 0 Å². The van der Waals surface area contributed by atoms with Crippen LogP contribution < -0.4 is 4.72 Å². The van der Waals surface area contributed by atoms with Crippen molar-refractivity contribution in [2.45, 2.75) is 11.1 Å². The summed E-state index contributed by atoms with van der Waals surface area (Å²) in [7, 11) is -4.29. The first kappa shape index (κ1) is 17.8. The number of sulfonamides is 1. The van der Waals surface area contributed by atoms with E-state index in [1.165, 1.54) is 0 Å². The second kappa shape index (κ2) is 6.18. The Bertz CT molecular complexity index is 854. The smallest absolute Gasteiger partial charge is 0.278 e. The number of alkyl halides is 3. The fraction of sp³-hybridized carbons (Fsp3) is 0.0769. The topological polar surface area (TPSA) is 46.2 Å². The third kappa shape index (κ3) is 4.07. The fourth-order valence-electron chi connectivity index (χ4n) is 1.63. The molecule has 2 aromatic carbocycles. The molecule has 0 aliphatic carbocycles. The molecule has 2 aromatic rings. The van der Waals surface area contributed by atoms with Gasteiger partial charge in [0, 0.05) is 0 Å². The highest BCUT2D eigenvalue weighted by Crippen LogP contribution is 2.34. The average molecular weight is 388 g/mol. The lowest BCUT2D eigenvalue weighted by atomic mass is 10.2. The molecule has 0 saturated heterocycles. The molecule has 124 valence electrons. The molecule has 0 atom stereocenters. The van der Waals surface area contributed by atoms with Crippen LogP contribution in [0.5, 0.6) is 0 Å². The molecule has 0 aliphatic heterocycles. The van der Waals surface area contributed by atoms with Gasteiger partial charge in [0.2, 0.25) is 0 Å². The Labute approximate surface area is 138 Å². The second-order valence-corrected chi connectivity index (χ2v) is 6.87. The number of hydrogen-bond acceptors (Lipinski definition) is 2. The highest BCUT2D eigenvalue weighted by molar-refractivity contribution is 7.92. The Hall–Kier alpha value is -1.51. The highest BCUT2D eigenvalue weighted by atomic mass is 35.5. The van der Waals surface area contributed by atoms with E-state index in [4.69, 9.17) is 23.2 Å². The number of rotatable bonds is 3. The summed E-state index contributed by atoms with van der Waals surface area (Å²) in [5, 5.41) is -0.669. The van der Waals surface area contributed by atoms with E-state index in [2.05, 4.69) is 0 Å². The molecule has 0 bridgehead atoms. The summed E-state index contributed by atoms with van der Waals surface area (Å²) >= 11 is 11.2. The first-order chi connectivity index (χ1) is 10.5. The number of halogens is 6. The standard InChI is InChI=1S/C13H7Cl2F4NO2S/c14-9-3-1-7(13(17,18)19)5-12(9)20-23(21,22)8-2-4-11(16)10(15)6-8/h1-6,20H. The molecule has 0 fully saturated rings. The molecule has 0 amide bonds. The van der Waals surface area contributed by atoms with Crippen LogP contribution in [0.3, 0.4) is 0 Å². The van der Waals surface area contributed by atoms with Crippen molar-refractivity contribution in [1.82, 2.24) is 0 Å². The van der Waals surface area contributed by atoms with E-state index in [0.717, 1.165) is 30.3 Å². The predicted molar refractivity (Wildman–Crippen MR) is 78.7 cm³/mol. The summed E-state index contributed by atoms with van der Waals surface area (Å²) in [5.41, 5.74) is -1.53. The minimum Gasteiger partial charge on any atom is -0.278 e. The maximum Gasteiger partial charge on any atom is 0.416 e. The Balaban J connectivity index is 2.42. The molecule has 1 N–H and O–H groups in total. The summed E-state index contributed by atoms with van der Waals surface area (Å²) in [4.78, 5) is -0.419. The molecule has 0 spiro atoms. The lowest BCUT2D eigenvalue weighted by Crippen LogP contribution is -2.14. The van der Waals surface area contributed by atoms with Crippen LogP contribution in [0.25, 0.3) is 0 Å². The van der Waals surface area contributed by atoms with Gasteiger partial charge in [-0.3, -0.25) is 4.72 Å². The second-order valence-electron chi connectivity index (χ2n) is 4.37. The maximum absolute atomic E-state index is 13.1. The number of benzene rings is 2. The van der Waals surface area contributed by atoms with E-state index in [-0.39, 0.29) is 5.02 Å². The van der Waals surface area contributed by atoms with E-state index in [9.17, 15) is 26.0 Å². The lowest BCUT2D eigenvalue weighted by molar-refractivity contribution is -0.137. The van der Waals surface area contributed by atoms with Crippen molar-refractivity contribution in [3.05, 3.63) is 57.8 Å². The minimum atomic E-state index is -4.66. The van der Waals surface area contributed by atoms with Crippen molar-refractivity contribution in [2.24, 2.45) is 0 Å². The largest absolute Gasteiger partial charge is 0.416 e. The summed E-state index contributed by atoms with van der Waals surface area (Å²) in [6.45, 7) is 0. The van der Waals surface area contributed by atoms with Crippen LogP contribution in [0.1, 0.15) is 5.56 Å². The van der Waals surface area contributed by atoms with E-state index in [1.54, 1.807) is 0 Å². The zero-order valence-corrected chi connectivity index (χ0v) is 13.3. The van der Waals surface area contributed by atoms with E-state index >= 15 is 0 Å². The molecule has 0 aliphatic rings. The van der Waals surface area contributed by atoms with Gasteiger partial charge >= 0.3 is 6.18 Å². The van der Waals surface area contributed by atoms with Gasteiger partial charge in [0.1, 0.15) is 5.82 Å². The first-order valence-corrected chi connectivity index (χ1v) is 8.09. The first-order valence-electron chi connectivity index (χ1n) is 5.85. The maximum atomic E-state index is 13.1. The van der Waals surface area contributed by atoms with Crippen molar-refractivity contribution >= 4 is 38.9 Å². The molecular formula is C13H7Cl2F4NO2S. The highest BCUT2D eigenvalue weighted by Gasteiger charge is 2.31. The summed E-state index contributed by atoms with van der Waals surface area (Å²) < 4.78 is 77.3. The molecule has 3 nitrogen and oxygen atoms in total. The summed E-state index contributed by atoms with van der Waals surface area (Å²) in [5.74, 6) is -0.831. The van der Waals surface area contributed by atoms with Crippen LogP contribution in [-0.4, -0.2) is 8.42 Å². The third-order valence-electron chi connectivity index (χ3n) is 2.74. The van der Waals surface area contributed by atoms with Gasteiger partial charge in [0.15, 0.2) is 0 Å². The van der Waals surface area contributed by atoms with Gasteiger partial charge in [-0.05, 0) is 36.4 Å².